The fraction of sp³-hybridized carbons (Fsp3) is 0. The first kappa shape index (κ1) is 36.8. The molecule has 0 bridgehead atoms. The van der Waals surface area contributed by atoms with E-state index in [2.05, 4.69) is 264 Å². The molecule has 2 aromatic heterocycles. The fourth-order valence-corrected chi connectivity index (χ4v) is 15.0. The average molecular weight is 819 g/mol. The van der Waals surface area contributed by atoms with Gasteiger partial charge < -0.3 is 9.13 Å². The maximum atomic E-state index is 2.52. The second kappa shape index (κ2) is 15.2. The number of rotatable bonds is 8. The van der Waals surface area contributed by atoms with Crippen molar-refractivity contribution in [3.05, 3.63) is 255 Å². The molecular formula is C60H42N2Si. The van der Waals surface area contributed by atoms with E-state index in [-0.39, 0.29) is 0 Å². The molecule has 296 valence electrons. The Labute approximate surface area is 368 Å². The quantitative estimate of drug-likeness (QED) is 0.107. The zero-order valence-corrected chi connectivity index (χ0v) is 35.6. The van der Waals surface area contributed by atoms with Crippen molar-refractivity contribution < 1.29 is 0 Å². The molecule has 0 amide bonds. The topological polar surface area (TPSA) is 9.86 Å². The molecule has 0 aliphatic carbocycles. The highest BCUT2D eigenvalue weighted by Gasteiger charge is 2.41. The molecule has 0 N–H and O–H groups in total. The van der Waals surface area contributed by atoms with E-state index in [4.69, 9.17) is 0 Å². The summed E-state index contributed by atoms with van der Waals surface area (Å²) < 4.78 is 4.81. The van der Waals surface area contributed by atoms with Gasteiger partial charge in [0, 0.05) is 32.9 Å². The van der Waals surface area contributed by atoms with Gasteiger partial charge in [0.15, 0.2) is 8.07 Å². The zero-order chi connectivity index (χ0) is 41.7. The van der Waals surface area contributed by atoms with Crippen LogP contribution in [0.2, 0.25) is 0 Å². The fourth-order valence-electron chi connectivity index (χ4n) is 10.2. The van der Waals surface area contributed by atoms with Gasteiger partial charge >= 0.3 is 0 Å². The van der Waals surface area contributed by atoms with Crippen molar-refractivity contribution >= 4 is 72.4 Å². The van der Waals surface area contributed by atoms with Crippen molar-refractivity contribution in [1.82, 2.24) is 9.13 Å². The molecule has 0 aliphatic heterocycles. The maximum Gasteiger partial charge on any atom is 0.179 e. The van der Waals surface area contributed by atoms with Gasteiger partial charge in [-0.05, 0) is 104 Å². The first-order valence-corrected chi connectivity index (χ1v) is 23.8. The Kier molecular flexibility index (Phi) is 8.87. The molecule has 12 rings (SSSR count). The molecule has 63 heavy (non-hydrogen) atoms. The summed E-state index contributed by atoms with van der Waals surface area (Å²) in [5.41, 5.74) is 12.0. The Morgan fingerprint density at radius 2 is 0.556 bits per heavy atom. The van der Waals surface area contributed by atoms with Crippen molar-refractivity contribution in [3.63, 3.8) is 0 Å². The van der Waals surface area contributed by atoms with E-state index in [1.807, 2.05) is 0 Å². The number of benzene rings is 10. The van der Waals surface area contributed by atoms with Crippen LogP contribution in [0.4, 0.5) is 0 Å². The highest BCUT2D eigenvalue weighted by molar-refractivity contribution is 7.20. The summed E-state index contributed by atoms with van der Waals surface area (Å²) in [6, 6.07) is 94.2. The van der Waals surface area contributed by atoms with Gasteiger partial charge in [-0.3, -0.25) is 0 Å². The van der Waals surface area contributed by atoms with Gasteiger partial charge in [0.1, 0.15) is 0 Å². The standard InChI is InChI=1S/C60H42N2Si/c1-6-18-47(19-7-1)61-57-29-17-16-28-53(57)54-40-45(34-37-58(54)61)43-30-32-44(33-31-43)46-35-38-59-55(41-46)56-42-52(36-39-60(56)62(59)48-20-8-2-9-21-48)63(49-22-10-3-11-23-49,50-24-12-4-13-25-50)51-26-14-5-15-27-51/h1-42H. The summed E-state index contributed by atoms with van der Waals surface area (Å²) in [6.45, 7) is 0. The predicted octanol–water partition coefficient (Wildman–Crippen LogP) is 12.6. The first-order valence-electron chi connectivity index (χ1n) is 21.8. The van der Waals surface area contributed by atoms with E-state index < -0.39 is 8.07 Å². The Morgan fingerprint density at radius 3 is 1.02 bits per heavy atom. The van der Waals surface area contributed by atoms with Crippen LogP contribution in [0.5, 0.6) is 0 Å². The lowest BCUT2D eigenvalue weighted by Crippen LogP contribution is -2.74. The highest BCUT2D eigenvalue weighted by atomic mass is 28.3. The summed E-state index contributed by atoms with van der Waals surface area (Å²) in [4.78, 5) is 0. The molecule has 12 aromatic rings. The smallest absolute Gasteiger partial charge is 0.179 e. The Hall–Kier alpha value is -7.98. The molecule has 0 fully saturated rings. The number of aromatic nitrogens is 2. The lowest BCUT2D eigenvalue weighted by Gasteiger charge is -2.34. The van der Waals surface area contributed by atoms with E-state index in [9.17, 15) is 0 Å². The molecule has 3 heteroatoms. The number of hydrogen-bond donors (Lipinski definition) is 0. The number of para-hydroxylation sites is 3. The number of hydrogen-bond acceptors (Lipinski definition) is 0. The van der Waals surface area contributed by atoms with Crippen molar-refractivity contribution in [3.8, 4) is 33.6 Å². The maximum absolute atomic E-state index is 2.75. The van der Waals surface area contributed by atoms with Crippen LogP contribution in [0, 0.1) is 0 Å². The number of nitrogens with zero attached hydrogens (tertiary/aromatic N) is 2. The second-order valence-electron chi connectivity index (χ2n) is 16.5. The molecule has 0 saturated heterocycles. The third-order valence-electron chi connectivity index (χ3n) is 13.1. The van der Waals surface area contributed by atoms with Crippen LogP contribution < -0.4 is 20.7 Å². The van der Waals surface area contributed by atoms with Crippen molar-refractivity contribution in [2.45, 2.75) is 0 Å². The van der Waals surface area contributed by atoms with E-state index in [1.54, 1.807) is 0 Å². The minimum absolute atomic E-state index is 1.16. The molecule has 0 atom stereocenters. The molecule has 0 unspecified atom stereocenters. The zero-order valence-electron chi connectivity index (χ0n) is 34.6. The van der Waals surface area contributed by atoms with Crippen LogP contribution in [-0.2, 0) is 0 Å². The van der Waals surface area contributed by atoms with E-state index in [1.165, 1.54) is 92.3 Å². The van der Waals surface area contributed by atoms with Gasteiger partial charge in [-0.25, -0.2) is 0 Å². The van der Waals surface area contributed by atoms with Crippen LogP contribution in [0.25, 0.3) is 77.2 Å². The van der Waals surface area contributed by atoms with Gasteiger partial charge in [-0.15, -0.1) is 0 Å². The van der Waals surface area contributed by atoms with E-state index >= 15 is 0 Å². The van der Waals surface area contributed by atoms with E-state index in [0.717, 1.165) is 5.69 Å². The summed E-state index contributed by atoms with van der Waals surface area (Å²) >= 11 is 0. The number of fused-ring (bicyclic) bond motifs is 6. The van der Waals surface area contributed by atoms with Crippen molar-refractivity contribution in [2.75, 3.05) is 0 Å². The lowest BCUT2D eigenvalue weighted by atomic mass is 9.98. The molecule has 0 saturated carbocycles. The van der Waals surface area contributed by atoms with Crippen LogP contribution in [0.1, 0.15) is 0 Å². The van der Waals surface area contributed by atoms with Crippen molar-refractivity contribution in [1.29, 1.82) is 0 Å². The molecule has 2 heterocycles. The molecule has 10 aromatic carbocycles. The normalized spacial score (nSPS) is 11.8. The Bertz CT molecular complexity index is 3480. The van der Waals surface area contributed by atoms with Crippen LogP contribution in [-0.4, -0.2) is 17.2 Å². The molecule has 0 spiro atoms. The van der Waals surface area contributed by atoms with Crippen LogP contribution in [0.15, 0.2) is 255 Å². The molecule has 0 radical (unpaired) electrons. The molecular weight excluding hydrogens is 777 g/mol. The summed E-state index contributed by atoms with van der Waals surface area (Å²) in [6.07, 6.45) is 0. The van der Waals surface area contributed by atoms with Gasteiger partial charge in [0.2, 0.25) is 0 Å². The average Bonchev–Trinajstić information content (AvgIpc) is 3.88. The molecule has 0 aliphatic rings. The Balaban J connectivity index is 1.01. The van der Waals surface area contributed by atoms with Gasteiger partial charge in [0.25, 0.3) is 0 Å². The largest absolute Gasteiger partial charge is 0.309 e. The first-order chi connectivity index (χ1) is 31.3. The van der Waals surface area contributed by atoms with E-state index in [0.29, 0.717) is 0 Å². The third-order valence-corrected chi connectivity index (χ3v) is 17.8. The second-order valence-corrected chi connectivity index (χ2v) is 20.3. The highest BCUT2D eigenvalue weighted by Crippen LogP contribution is 2.38. The summed E-state index contributed by atoms with van der Waals surface area (Å²) in [5, 5.41) is 10.5. The third kappa shape index (κ3) is 6.00. The summed E-state index contributed by atoms with van der Waals surface area (Å²) in [5.74, 6) is 0. The lowest BCUT2D eigenvalue weighted by molar-refractivity contribution is 1.18. The van der Waals surface area contributed by atoms with Gasteiger partial charge in [0.05, 0.1) is 22.1 Å². The van der Waals surface area contributed by atoms with Crippen molar-refractivity contribution in [2.24, 2.45) is 0 Å². The van der Waals surface area contributed by atoms with Crippen LogP contribution >= 0.6 is 0 Å². The SMILES string of the molecule is c1ccc(-n2c3ccccc3c3cc(-c4ccc(-c5ccc6c(c5)c5cc([Si](c7ccccc7)(c7ccccc7)c7ccccc7)ccc5n6-c5ccccc5)cc4)ccc32)cc1. The van der Waals surface area contributed by atoms with Crippen LogP contribution in [0.3, 0.4) is 0 Å². The molecule has 2 nitrogen and oxygen atoms in total. The predicted molar refractivity (Wildman–Crippen MR) is 270 cm³/mol. The van der Waals surface area contributed by atoms with Gasteiger partial charge in [-0.2, -0.15) is 0 Å². The monoisotopic (exact) mass is 818 g/mol. The minimum Gasteiger partial charge on any atom is -0.309 e. The Morgan fingerprint density at radius 1 is 0.222 bits per heavy atom. The minimum atomic E-state index is -2.75. The van der Waals surface area contributed by atoms with Gasteiger partial charge in [-0.1, -0.05) is 194 Å². The summed E-state index contributed by atoms with van der Waals surface area (Å²) in [7, 11) is -2.75.